The van der Waals surface area contributed by atoms with E-state index in [0.717, 1.165) is 54.7 Å². The van der Waals surface area contributed by atoms with Gasteiger partial charge in [0.05, 0.1) is 5.69 Å². The molecule has 4 rings (SSSR count). The molecule has 26 heavy (non-hydrogen) atoms. The second kappa shape index (κ2) is 7.74. The van der Waals surface area contributed by atoms with Crippen LogP contribution < -0.4 is 0 Å². The highest BCUT2D eigenvalue weighted by Crippen LogP contribution is 2.22. The Morgan fingerprint density at radius 1 is 1.19 bits per heavy atom. The topological polar surface area (TPSA) is 70.6 Å². The molecule has 1 atom stereocenters. The SMILES string of the molecule is Cc1cccc(CN2CCCC(Cc3cc(-c4ncc[nH]4)ncn3)C2)n1. The third-order valence-electron chi connectivity index (χ3n) is 4.90. The van der Waals surface area contributed by atoms with E-state index in [2.05, 4.69) is 48.0 Å². The van der Waals surface area contributed by atoms with Crippen LogP contribution in [0.1, 0.15) is 29.9 Å². The van der Waals surface area contributed by atoms with Crippen LogP contribution in [0.2, 0.25) is 0 Å². The second-order valence-electron chi connectivity index (χ2n) is 7.05. The van der Waals surface area contributed by atoms with E-state index in [1.54, 1.807) is 12.5 Å². The Morgan fingerprint density at radius 3 is 3.00 bits per heavy atom. The molecule has 3 aromatic heterocycles. The predicted molar refractivity (Wildman–Crippen MR) is 100 cm³/mol. The van der Waals surface area contributed by atoms with E-state index in [4.69, 9.17) is 0 Å². The van der Waals surface area contributed by atoms with Gasteiger partial charge in [0, 0.05) is 36.9 Å². The fraction of sp³-hybridized carbons (Fsp3) is 0.400. The van der Waals surface area contributed by atoms with Crippen molar-refractivity contribution in [3.05, 3.63) is 60.1 Å². The summed E-state index contributed by atoms with van der Waals surface area (Å²) in [7, 11) is 0. The maximum absolute atomic E-state index is 4.64. The highest BCUT2D eigenvalue weighted by atomic mass is 15.1. The van der Waals surface area contributed by atoms with Gasteiger partial charge >= 0.3 is 0 Å². The van der Waals surface area contributed by atoms with E-state index in [1.807, 2.05) is 19.2 Å². The summed E-state index contributed by atoms with van der Waals surface area (Å²) in [5.74, 6) is 1.41. The van der Waals surface area contributed by atoms with Crippen molar-refractivity contribution < 1.29 is 0 Å². The Labute approximate surface area is 153 Å². The zero-order chi connectivity index (χ0) is 17.8. The molecule has 1 aliphatic heterocycles. The number of hydrogen-bond donors (Lipinski definition) is 1. The van der Waals surface area contributed by atoms with Crippen LogP contribution in [0.4, 0.5) is 0 Å². The first kappa shape index (κ1) is 16.8. The number of piperidine rings is 1. The average molecular weight is 348 g/mol. The highest BCUT2D eigenvalue weighted by Gasteiger charge is 2.21. The normalized spacial score (nSPS) is 18.1. The van der Waals surface area contributed by atoms with Crippen LogP contribution in [0.15, 0.2) is 43.0 Å². The zero-order valence-corrected chi connectivity index (χ0v) is 15.1. The van der Waals surface area contributed by atoms with E-state index in [0.29, 0.717) is 5.92 Å². The number of rotatable bonds is 5. The van der Waals surface area contributed by atoms with Gasteiger partial charge < -0.3 is 4.98 Å². The molecule has 4 heterocycles. The van der Waals surface area contributed by atoms with Gasteiger partial charge in [-0.1, -0.05) is 6.07 Å². The fourth-order valence-corrected chi connectivity index (χ4v) is 3.72. The van der Waals surface area contributed by atoms with E-state index in [9.17, 15) is 0 Å². The first-order chi connectivity index (χ1) is 12.8. The monoisotopic (exact) mass is 348 g/mol. The van der Waals surface area contributed by atoms with Gasteiger partial charge in [-0.3, -0.25) is 9.88 Å². The van der Waals surface area contributed by atoms with Crippen LogP contribution in [-0.4, -0.2) is 42.9 Å². The molecule has 6 nitrogen and oxygen atoms in total. The van der Waals surface area contributed by atoms with Gasteiger partial charge in [-0.2, -0.15) is 0 Å². The van der Waals surface area contributed by atoms with Crippen LogP contribution in [0.3, 0.4) is 0 Å². The minimum absolute atomic E-state index is 0.618. The predicted octanol–water partition coefficient (Wildman–Crippen LogP) is 3.02. The Morgan fingerprint density at radius 2 is 2.15 bits per heavy atom. The molecule has 0 saturated carbocycles. The molecular formula is C20H24N6. The molecule has 1 unspecified atom stereocenters. The molecule has 0 radical (unpaired) electrons. The zero-order valence-electron chi connectivity index (χ0n) is 15.1. The molecule has 0 aromatic carbocycles. The van der Waals surface area contributed by atoms with Gasteiger partial charge in [-0.25, -0.2) is 15.0 Å². The number of aromatic nitrogens is 5. The quantitative estimate of drug-likeness (QED) is 0.767. The molecule has 3 aromatic rings. The molecular weight excluding hydrogens is 324 g/mol. The summed E-state index contributed by atoms with van der Waals surface area (Å²) < 4.78 is 0. The Bertz CT molecular complexity index is 845. The Balaban J connectivity index is 1.40. The van der Waals surface area contributed by atoms with Crippen molar-refractivity contribution in [1.82, 2.24) is 29.8 Å². The third-order valence-corrected chi connectivity index (χ3v) is 4.90. The first-order valence-corrected chi connectivity index (χ1v) is 9.22. The maximum Gasteiger partial charge on any atom is 0.156 e. The standard InChI is InChI=1S/C20H24N6/c1-15-4-2-6-17(25-15)13-26-9-3-5-16(12-26)10-18-11-19(24-14-23-18)20-21-7-8-22-20/h2,4,6-8,11,14,16H,3,5,9-10,12-13H2,1H3,(H,21,22). The fourth-order valence-electron chi connectivity index (χ4n) is 3.72. The van der Waals surface area contributed by atoms with Gasteiger partial charge in [0.2, 0.25) is 0 Å². The van der Waals surface area contributed by atoms with Gasteiger partial charge in [0.1, 0.15) is 12.0 Å². The molecule has 1 saturated heterocycles. The van der Waals surface area contributed by atoms with Crippen molar-refractivity contribution in [3.63, 3.8) is 0 Å². The lowest BCUT2D eigenvalue weighted by Crippen LogP contribution is -2.36. The number of aromatic amines is 1. The number of likely N-dealkylation sites (tertiary alicyclic amines) is 1. The molecule has 0 bridgehead atoms. The van der Waals surface area contributed by atoms with Crippen molar-refractivity contribution in [1.29, 1.82) is 0 Å². The molecule has 6 heteroatoms. The number of nitrogens with one attached hydrogen (secondary N) is 1. The summed E-state index contributed by atoms with van der Waals surface area (Å²) in [6.07, 6.45) is 8.66. The summed E-state index contributed by atoms with van der Waals surface area (Å²) >= 11 is 0. The summed E-state index contributed by atoms with van der Waals surface area (Å²) in [5.41, 5.74) is 4.19. The minimum atomic E-state index is 0.618. The number of imidazole rings is 1. The molecule has 1 aliphatic rings. The van der Waals surface area contributed by atoms with Gasteiger partial charge in [-0.15, -0.1) is 0 Å². The summed E-state index contributed by atoms with van der Waals surface area (Å²) in [6.45, 7) is 5.22. The Hall–Kier alpha value is -2.60. The molecule has 0 amide bonds. The van der Waals surface area contributed by atoms with Crippen molar-refractivity contribution >= 4 is 0 Å². The lowest BCUT2D eigenvalue weighted by Gasteiger charge is -2.32. The molecule has 134 valence electrons. The molecule has 1 N–H and O–H groups in total. The van der Waals surface area contributed by atoms with Crippen LogP contribution in [0.25, 0.3) is 11.5 Å². The van der Waals surface area contributed by atoms with Gasteiger partial charge in [-0.05, 0) is 56.8 Å². The van der Waals surface area contributed by atoms with E-state index < -0.39 is 0 Å². The van der Waals surface area contributed by atoms with Crippen molar-refractivity contribution in [2.45, 2.75) is 32.7 Å². The van der Waals surface area contributed by atoms with Crippen LogP contribution in [-0.2, 0) is 13.0 Å². The molecule has 0 aliphatic carbocycles. The number of pyridine rings is 1. The lowest BCUT2D eigenvalue weighted by molar-refractivity contribution is 0.164. The third kappa shape index (κ3) is 4.14. The smallest absolute Gasteiger partial charge is 0.156 e. The highest BCUT2D eigenvalue weighted by molar-refractivity contribution is 5.48. The minimum Gasteiger partial charge on any atom is -0.343 e. The molecule has 1 fully saturated rings. The number of H-pyrrole nitrogens is 1. The van der Waals surface area contributed by atoms with Crippen LogP contribution >= 0.6 is 0 Å². The average Bonchev–Trinajstić information content (AvgIpc) is 3.17. The lowest BCUT2D eigenvalue weighted by atomic mass is 9.93. The molecule has 0 spiro atoms. The van der Waals surface area contributed by atoms with E-state index >= 15 is 0 Å². The van der Waals surface area contributed by atoms with Crippen molar-refractivity contribution in [2.24, 2.45) is 5.92 Å². The van der Waals surface area contributed by atoms with Crippen molar-refractivity contribution in [2.75, 3.05) is 13.1 Å². The number of aryl methyl sites for hydroxylation is 1. The first-order valence-electron chi connectivity index (χ1n) is 9.22. The summed E-state index contributed by atoms with van der Waals surface area (Å²) in [5, 5.41) is 0. The Kier molecular flexibility index (Phi) is 5.02. The second-order valence-corrected chi connectivity index (χ2v) is 7.05. The van der Waals surface area contributed by atoms with Gasteiger partial charge in [0.15, 0.2) is 5.82 Å². The summed E-state index contributed by atoms with van der Waals surface area (Å²) in [4.78, 5) is 23.4. The van der Waals surface area contributed by atoms with Gasteiger partial charge in [0.25, 0.3) is 0 Å². The van der Waals surface area contributed by atoms with E-state index in [1.165, 1.54) is 12.8 Å². The summed E-state index contributed by atoms with van der Waals surface area (Å²) in [6, 6.07) is 8.32. The van der Waals surface area contributed by atoms with E-state index in [-0.39, 0.29) is 0 Å². The van der Waals surface area contributed by atoms with Crippen molar-refractivity contribution in [3.8, 4) is 11.5 Å². The number of nitrogens with zero attached hydrogens (tertiary/aromatic N) is 5. The maximum atomic E-state index is 4.64. The largest absolute Gasteiger partial charge is 0.343 e. The van der Waals surface area contributed by atoms with Crippen LogP contribution in [0.5, 0.6) is 0 Å². The number of hydrogen-bond acceptors (Lipinski definition) is 5. The van der Waals surface area contributed by atoms with Crippen LogP contribution in [0, 0.1) is 12.8 Å².